The first-order valence-corrected chi connectivity index (χ1v) is 11.9. The molecule has 3 aromatic heterocycles. The van der Waals surface area contributed by atoms with Crippen molar-refractivity contribution in [2.75, 3.05) is 18.4 Å². The number of carbonyl (C=O) groups excluding carboxylic acids is 1. The number of aromatic nitrogens is 4. The summed E-state index contributed by atoms with van der Waals surface area (Å²) < 4.78 is 1.97. The molecule has 1 atom stereocenters. The Morgan fingerprint density at radius 3 is 2.80 bits per heavy atom. The van der Waals surface area contributed by atoms with Gasteiger partial charge in [-0.05, 0) is 74.3 Å². The van der Waals surface area contributed by atoms with E-state index in [9.17, 15) is 4.79 Å². The number of hydrogen-bond acceptors (Lipinski definition) is 6. The van der Waals surface area contributed by atoms with Gasteiger partial charge in [0.1, 0.15) is 5.69 Å². The average molecular weight is 468 g/mol. The Labute approximate surface area is 204 Å². The summed E-state index contributed by atoms with van der Waals surface area (Å²) in [5, 5.41) is 3.04. The van der Waals surface area contributed by atoms with Crippen molar-refractivity contribution in [2.24, 2.45) is 5.73 Å². The van der Waals surface area contributed by atoms with Crippen molar-refractivity contribution < 1.29 is 4.79 Å². The summed E-state index contributed by atoms with van der Waals surface area (Å²) in [6.07, 6.45) is 9.29. The second-order valence-corrected chi connectivity index (χ2v) is 9.05. The molecule has 1 aromatic carbocycles. The van der Waals surface area contributed by atoms with Crippen LogP contribution in [0.15, 0.2) is 73.4 Å². The highest BCUT2D eigenvalue weighted by Gasteiger charge is 2.18. The molecule has 0 radical (unpaired) electrons. The van der Waals surface area contributed by atoms with Gasteiger partial charge in [-0.1, -0.05) is 6.07 Å². The Balaban J connectivity index is 1.42. The fraction of sp³-hybridized carbons (Fsp3) is 0.259. The fourth-order valence-electron chi connectivity index (χ4n) is 4.48. The number of nitrogens with one attached hydrogen (secondary N) is 1. The highest BCUT2D eigenvalue weighted by Crippen LogP contribution is 2.23. The summed E-state index contributed by atoms with van der Waals surface area (Å²) in [7, 11) is 0. The van der Waals surface area contributed by atoms with Gasteiger partial charge in [-0.25, -0.2) is 4.98 Å². The van der Waals surface area contributed by atoms with E-state index in [4.69, 9.17) is 5.73 Å². The molecule has 1 fully saturated rings. The molecule has 0 spiro atoms. The van der Waals surface area contributed by atoms with Crippen molar-refractivity contribution in [1.82, 2.24) is 24.4 Å². The number of amides is 1. The van der Waals surface area contributed by atoms with Crippen molar-refractivity contribution >= 4 is 11.6 Å². The molecular weight excluding hydrogens is 438 g/mol. The van der Waals surface area contributed by atoms with E-state index in [1.807, 2.05) is 54.1 Å². The number of likely N-dealkylation sites (tertiary alicyclic amines) is 1. The van der Waals surface area contributed by atoms with Crippen LogP contribution in [-0.2, 0) is 6.54 Å². The Bertz CT molecular complexity index is 1320. The third kappa shape index (κ3) is 5.62. The number of carbonyl (C=O) groups is 1. The molecule has 0 saturated carbocycles. The maximum absolute atomic E-state index is 13.2. The Morgan fingerprint density at radius 2 is 2.03 bits per heavy atom. The van der Waals surface area contributed by atoms with Gasteiger partial charge in [-0.3, -0.25) is 19.7 Å². The number of anilines is 1. The number of pyridine rings is 2. The highest BCUT2D eigenvalue weighted by atomic mass is 16.1. The molecule has 5 rings (SSSR count). The van der Waals surface area contributed by atoms with E-state index in [0.29, 0.717) is 11.4 Å². The number of rotatable bonds is 6. The van der Waals surface area contributed by atoms with Gasteiger partial charge in [0.05, 0.1) is 17.7 Å². The summed E-state index contributed by atoms with van der Waals surface area (Å²) in [6.45, 7) is 4.62. The summed E-state index contributed by atoms with van der Waals surface area (Å²) in [5.41, 5.74) is 11.8. The molecule has 0 unspecified atom stereocenters. The lowest BCUT2D eigenvalue weighted by Crippen LogP contribution is -2.42. The third-order valence-corrected chi connectivity index (χ3v) is 6.15. The number of aryl methyl sites for hydroxylation is 1. The predicted molar refractivity (Wildman–Crippen MR) is 136 cm³/mol. The molecule has 1 aliphatic heterocycles. The normalized spacial score (nSPS) is 16.2. The SMILES string of the molecule is Cc1cn(-c2cc(CN3CCC[C@H](N)C3)cc(NC(=O)c3cc(-c4ccccn4)ccn3)c2)cn1. The molecular formula is C27H29N7O. The first-order valence-electron chi connectivity index (χ1n) is 11.9. The van der Waals surface area contributed by atoms with E-state index >= 15 is 0 Å². The third-order valence-electron chi connectivity index (χ3n) is 6.15. The van der Waals surface area contributed by atoms with E-state index in [1.165, 1.54) is 0 Å². The van der Waals surface area contributed by atoms with Crippen LogP contribution in [0.1, 0.15) is 34.6 Å². The fourth-order valence-corrected chi connectivity index (χ4v) is 4.48. The number of benzene rings is 1. The zero-order valence-corrected chi connectivity index (χ0v) is 19.8. The number of hydrogen-bond donors (Lipinski definition) is 2. The lowest BCUT2D eigenvalue weighted by atomic mass is 10.1. The van der Waals surface area contributed by atoms with Crippen LogP contribution in [0.4, 0.5) is 5.69 Å². The van der Waals surface area contributed by atoms with Crippen molar-refractivity contribution in [3.05, 3.63) is 90.4 Å². The Hall–Kier alpha value is -3.88. The van der Waals surface area contributed by atoms with Gasteiger partial charge in [-0.15, -0.1) is 0 Å². The van der Waals surface area contributed by atoms with Crippen LogP contribution in [-0.4, -0.2) is 49.5 Å². The molecule has 1 aliphatic rings. The highest BCUT2D eigenvalue weighted by molar-refractivity contribution is 6.03. The van der Waals surface area contributed by atoms with E-state index in [1.54, 1.807) is 24.8 Å². The molecule has 0 bridgehead atoms. The first kappa shape index (κ1) is 22.9. The second-order valence-electron chi connectivity index (χ2n) is 9.05. The Morgan fingerprint density at radius 1 is 1.11 bits per heavy atom. The molecule has 4 heterocycles. The first-order chi connectivity index (χ1) is 17.0. The standard InChI is InChI=1S/C27H29N7O/c1-19-15-34(18-31-19)24-12-20(16-33-10-4-5-22(28)17-33)11-23(14-24)32-27(35)26-13-21(7-9-30-26)25-6-2-3-8-29-25/h2-3,6-9,11-15,18,22H,4-5,10,16-17,28H2,1H3,(H,32,35)/t22-/m0/s1. The van der Waals surface area contributed by atoms with Crippen LogP contribution in [0, 0.1) is 6.92 Å². The number of imidazole rings is 1. The van der Waals surface area contributed by atoms with Crippen molar-refractivity contribution in [3.63, 3.8) is 0 Å². The van der Waals surface area contributed by atoms with Crippen molar-refractivity contribution in [2.45, 2.75) is 32.4 Å². The maximum Gasteiger partial charge on any atom is 0.274 e. The number of nitrogens with two attached hydrogens (primary N) is 1. The maximum atomic E-state index is 13.2. The summed E-state index contributed by atoms with van der Waals surface area (Å²) in [4.78, 5) is 28.5. The van der Waals surface area contributed by atoms with Gasteiger partial charge < -0.3 is 15.6 Å². The van der Waals surface area contributed by atoms with Gasteiger partial charge in [0.2, 0.25) is 0 Å². The molecule has 0 aliphatic carbocycles. The molecule has 8 heteroatoms. The van der Waals surface area contributed by atoms with Gasteiger partial charge in [-0.2, -0.15) is 0 Å². The van der Waals surface area contributed by atoms with E-state index < -0.39 is 0 Å². The minimum atomic E-state index is -0.271. The zero-order chi connectivity index (χ0) is 24.2. The summed E-state index contributed by atoms with van der Waals surface area (Å²) in [6, 6.07) is 15.6. The minimum absolute atomic E-state index is 0.208. The minimum Gasteiger partial charge on any atom is -0.327 e. The quantitative estimate of drug-likeness (QED) is 0.447. The second kappa shape index (κ2) is 10.2. The largest absolute Gasteiger partial charge is 0.327 e. The molecule has 178 valence electrons. The molecule has 4 aromatic rings. The average Bonchev–Trinajstić information content (AvgIpc) is 3.31. The van der Waals surface area contributed by atoms with Gasteiger partial charge in [0, 0.05) is 54.7 Å². The lowest BCUT2D eigenvalue weighted by molar-refractivity contribution is 0.102. The summed E-state index contributed by atoms with van der Waals surface area (Å²) >= 11 is 0. The Kier molecular flexibility index (Phi) is 6.65. The predicted octanol–water partition coefficient (Wildman–Crippen LogP) is 3.81. The van der Waals surface area contributed by atoms with Crippen LogP contribution >= 0.6 is 0 Å². The van der Waals surface area contributed by atoms with Crippen LogP contribution in [0.3, 0.4) is 0 Å². The van der Waals surface area contributed by atoms with Gasteiger partial charge >= 0.3 is 0 Å². The monoisotopic (exact) mass is 467 g/mol. The molecule has 8 nitrogen and oxygen atoms in total. The lowest BCUT2D eigenvalue weighted by Gasteiger charge is -2.30. The molecule has 1 amide bonds. The zero-order valence-electron chi connectivity index (χ0n) is 19.8. The number of piperidine rings is 1. The molecule has 35 heavy (non-hydrogen) atoms. The van der Waals surface area contributed by atoms with Crippen molar-refractivity contribution in [3.8, 4) is 16.9 Å². The topological polar surface area (TPSA) is 102 Å². The van der Waals surface area contributed by atoms with Crippen LogP contribution in [0.25, 0.3) is 16.9 Å². The van der Waals surface area contributed by atoms with Gasteiger partial charge in [0.25, 0.3) is 5.91 Å². The van der Waals surface area contributed by atoms with Crippen LogP contribution in [0.2, 0.25) is 0 Å². The molecule has 1 saturated heterocycles. The van der Waals surface area contributed by atoms with Crippen LogP contribution in [0.5, 0.6) is 0 Å². The summed E-state index contributed by atoms with van der Waals surface area (Å²) in [5.74, 6) is -0.271. The van der Waals surface area contributed by atoms with E-state index in [2.05, 4.69) is 31.2 Å². The van der Waals surface area contributed by atoms with Crippen molar-refractivity contribution in [1.29, 1.82) is 0 Å². The van der Waals surface area contributed by atoms with Gasteiger partial charge in [0.15, 0.2) is 0 Å². The number of nitrogens with zero attached hydrogens (tertiary/aromatic N) is 5. The van der Waals surface area contributed by atoms with E-state index in [-0.39, 0.29) is 11.9 Å². The van der Waals surface area contributed by atoms with Crippen LogP contribution < -0.4 is 11.1 Å². The molecule has 3 N–H and O–H groups in total. The van der Waals surface area contributed by atoms with E-state index in [0.717, 1.165) is 60.7 Å². The smallest absolute Gasteiger partial charge is 0.274 e.